The Kier molecular flexibility index (Phi) is 5.77. The number of H-pyrrole nitrogens is 1. The average molecular weight is 427 g/mol. The second-order valence-electron chi connectivity index (χ2n) is 7.79. The smallest absolute Gasteiger partial charge is 0.269 e. The summed E-state index contributed by atoms with van der Waals surface area (Å²) in [5.41, 5.74) is 1.47. The van der Waals surface area contributed by atoms with E-state index in [-0.39, 0.29) is 17.1 Å². The molecule has 9 heteroatoms. The molecule has 0 spiro atoms. The maximum Gasteiger partial charge on any atom is 0.269 e. The summed E-state index contributed by atoms with van der Waals surface area (Å²) in [4.78, 5) is 36.0. The molecule has 1 aliphatic rings. The van der Waals surface area contributed by atoms with Gasteiger partial charge in [0.15, 0.2) is 5.82 Å². The number of amides is 1. The third-order valence-corrected chi connectivity index (χ3v) is 5.81. The average Bonchev–Trinajstić information content (AvgIpc) is 2.77. The molecule has 3 heterocycles. The van der Waals surface area contributed by atoms with Gasteiger partial charge in [0.1, 0.15) is 16.9 Å². The second-order valence-corrected chi connectivity index (χ2v) is 7.79. The summed E-state index contributed by atoms with van der Waals surface area (Å²) in [6, 6.07) is 6.56. The Morgan fingerprint density at radius 2 is 1.94 bits per heavy atom. The number of carbonyl (C=O) groups excluding carboxylic acids is 1. The van der Waals surface area contributed by atoms with Crippen LogP contribution in [0.1, 0.15) is 46.1 Å². The van der Waals surface area contributed by atoms with E-state index in [1.165, 1.54) is 13.1 Å². The molecule has 0 bridgehead atoms. The van der Waals surface area contributed by atoms with Crippen molar-refractivity contribution in [2.75, 3.05) is 20.1 Å². The lowest BCUT2D eigenvalue weighted by atomic mass is 9.90. The molecule has 1 amide bonds. The Bertz CT molecular complexity index is 1200. The molecule has 162 valence electrons. The second kappa shape index (κ2) is 8.50. The third-order valence-electron chi connectivity index (χ3n) is 5.81. The summed E-state index contributed by atoms with van der Waals surface area (Å²) < 4.78 is 29.4. The van der Waals surface area contributed by atoms with Crippen LogP contribution in [0.25, 0.3) is 11.0 Å². The minimum absolute atomic E-state index is 0.00697. The summed E-state index contributed by atoms with van der Waals surface area (Å²) in [5, 5.41) is 2.43. The van der Waals surface area contributed by atoms with E-state index in [4.69, 9.17) is 0 Å². The molecule has 0 saturated carbocycles. The Balaban J connectivity index is 1.45. The van der Waals surface area contributed by atoms with Crippen LogP contribution in [0.15, 0.2) is 29.1 Å². The molecule has 31 heavy (non-hydrogen) atoms. The predicted molar refractivity (Wildman–Crippen MR) is 112 cm³/mol. The molecule has 0 unspecified atom stereocenters. The topological polar surface area (TPSA) is 91.0 Å². The lowest BCUT2D eigenvalue weighted by Crippen LogP contribution is -2.33. The molecule has 1 aromatic carbocycles. The van der Waals surface area contributed by atoms with Gasteiger partial charge in [-0.15, -0.1) is 0 Å². The minimum atomic E-state index is -0.619. The van der Waals surface area contributed by atoms with Crippen LogP contribution in [0.4, 0.5) is 8.78 Å². The zero-order chi connectivity index (χ0) is 22.1. The molecule has 0 aliphatic carbocycles. The Morgan fingerprint density at radius 3 is 2.61 bits per heavy atom. The number of aromatic nitrogens is 3. The molecule has 2 aromatic heterocycles. The van der Waals surface area contributed by atoms with Gasteiger partial charge in [-0.2, -0.15) is 4.39 Å². The van der Waals surface area contributed by atoms with Crippen molar-refractivity contribution >= 4 is 16.9 Å². The maximum absolute atomic E-state index is 14.9. The quantitative estimate of drug-likeness (QED) is 0.625. The lowest BCUT2D eigenvalue weighted by molar-refractivity contribution is 0.0957. The maximum atomic E-state index is 14.9. The molecule has 1 fully saturated rings. The van der Waals surface area contributed by atoms with Crippen LogP contribution in [0.3, 0.4) is 0 Å². The van der Waals surface area contributed by atoms with Gasteiger partial charge in [-0.1, -0.05) is 12.1 Å². The number of rotatable bonds is 4. The fourth-order valence-corrected chi connectivity index (χ4v) is 4.03. The van der Waals surface area contributed by atoms with Crippen molar-refractivity contribution in [3.05, 3.63) is 68.9 Å². The molecular weight excluding hydrogens is 404 g/mol. The number of benzene rings is 1. The van der Waals surface area contributed by atoms with E-state index < -0.39 is 23.2 Å². The van der Waals surface area contributed by atoms with Crippen LogP contribution >= 0.6 is 0 Å². The van der Waals surface area contributed by atoms with Gasteiger partial charge in [-0.3, -0.25) is 14.5 Å². The van der Waals surface area contributed by atoms with Gasteiger partial charge in [-0.05, 0) is 50.9 Å². The lowest BCUT2D eigenvalue weighted by Gasteiger charge is -2.32. The van der Waals surface area contributed by atoms with Crippen LogP contribution in [0, 0.1) is 18.7 Å². The fourth-order valence-electron chi connectivity index (χ4n) is 4.03. The van der Waals surface area contributed by atoms with Crippen LogP contribution in [0.5, 0.6) is 0 Å². The van der Waals surface area contributed by atoms with E-state index in [1.807, 2.05) is 0 Å². The number of carbonyl (C=O) groups is 1. The highest BCUT2D eigenvalue weighted by atomic mass is 19.1. The number of likely N-dealkylation sites (tertiary alicyclic amines) is 1. The number of aromatic amines is 1. The van der Waals surface area contributed by atoms with Crippen LogP contribution in [0.2, 0.25) is 0 Å². The van der Waals surface area contributed by atoms with Crippen LogP contribution < -0.4 is 10.9 Å². The standard InChI is InChI=1S/C22H23F2N5O2/c1-12-21(30)28-19-16(26-12)5-3-14(18(19)23)11-29-9-7-13(8-10-29)15-4-6-17(22(31)25-2)27-20(15)24/h3-6,13H,7-11H2,1-2H3,(H,25,31)(H,28,30). The highest BCUT2D eigenvalue weighted by Gasteiger charge is 2.25. The highest BCUT2D eigenvalue weighted by molar-refractivity contribution is 5.91. The van der Waals surface area contributed by atoms with Gasteiger partial charge in [0.2, 0.25) is 5.95 Å². The van der Waals surface area contributed by atoms with E-state index in [2.05, 4.69) is 25.2 Å². The number of nitrogens with zero attached hydrogens (tertiary/aromatic N) is 3. The van der Waals surface area contributed by atoms with Crippen molar-refractivity contribution in [3.63, 3.8) is 0 Å². The van der Waals surface area contributed by atoms with Gasteiger partial charge in [0.25, 0.3) is 11.5 Å². The molecule has 4 rings (SSSR count). The first-order chi connectivity index (χ1) is 14.9. The molecule has 1 saturated heterocycles. The summed E-state index contributed by atoms with van der Waals surface area (Å²) in [6.07, 6.45) is 1.40. The van der Waals surface area contributed by atoms with E-state index in [1.54, 1.807) is 25.1 Å². The van der Waals surface area contributed by atoms with Crippen molar-refractivity contribution < 1.29 is 13.6 Å². The number of hydrogen-bond acceptors (Lipinski definition) is 5. The first-order valence-electron chi connectivity index (χ1n) is 10.2. The summed E-state index contributed by atoms with van der Waals surface area (Å²) in [7, 11) is 1.47. The molecule has 7 nitrogen and oxygen atoms in total. The number of aryl methyl sites for hydroxylation is 1. The van der Waals surface area contributed by atoms with E-state index in [9.17, 15) is 18.4 Å². The normalized spacial score (nSPS) is 15.4. The van der Waals surface area contributed by atoms with Gasteiger partial charge in [0, 0.05) is 24.7 Å². The van der Waals surface area contributed by atoms with Crippen molar-refractivity contribution in [1.82, 2.24) is 25.2 Å². The largest absolute Gasteiger partial charge is 0.354 e. The number of hydrogen-bond donors (Lipinski definition) is 2. The number of piperidine rings is 1. The molecule has 1 aliphatic heterocycles. The molecule has 3 aromatic rings. The SMILES string of the molecule is CNC(=O)c1ccc(C2CCN(Cc3ccc4nc(C)c(=O)[nH]c4c3F)CC2)c(F)n1. The van der Waals surface area contributed by atoms with E-state index >= 15 is 0 Å². The van der Waals surface area contributed by atoms with Crippen LogP contribution in [-0.2, 0) is 6.54 Å². The fraction of sp³-hybridized carbons (Fsp3) is 0.364. The number of fused-ring (bicyclic) bond motifs is 1. The number of halogens is 2. The van der Waals surface area contributed by atoms with Gasteiger partial charge in [0.05, 0.1) is 5.52 Å². The Morgan fingerprint density at radius 1 is 1.19 bits per heavy atom. The number of nitrogens with one attached hydrogen (secondary N) is 2. The van der Waals surface area contributed by atoms with E-state index in [0.29, 0.717) is 54.8 Å². The van der Waals surface area contributed by atoms with Gasteiger partial charge < -0.3 is 10.3 Å². The minimum Gasteiger partial charge on any atom is -0.354 e. The summed E-state index contributed by atoms with van der Waals surface area (Å²) >= 11 is 0. The first-order valence-corrected chi connectivity index (χ1v) is 10.2. The van der Waals surface area contributed by atoms with Crippen molar-refractivity contribution in [1.29, 1.82) is 0 Å². The number of pyridine rings is 1. The molecule has 2 N–H and O–H groups in total. The highest BCUT2D eigenvalue weighted by Crippen LogP contribution is 2.30. The molecule has 0 radical (unpaired) electrons. The Hall–Kier alpha value is -3.20. The van der Waals surface area contributed by atoms with Crippen molar-refractivity contribution in [2.45, 2.75) is 32.2 Å². The third kappa shape index (κ3) is 4.18. The first kappa shape index (κ1) is 21.0. The van der Waals surface area contributed by atoms with E-state index in [0.717, 1.165) is 0 Å². The summed E-state index contributed by atoms with van der Waals surface area (Å²) in [5.74, 6) is -1.52. The molecule has 0 atom stereocenters. The van der Waals surface area contributed by atoms with Gasteiger partial charge in [-0.25, -0.2) is 14.4 Å². The molecular formula is C22H23F2N5O2. The Labute approximate surface area is 177 Å². The predicted octanol–water partition coefficient (Wildman–Crippen LogP) is 2.64. The van der Waals surface area contributed by atoms with Crippen molar-refractivity contribution in [2.24, 2.45) is 0 Å². The van der Waals surface area contributed by atoms with Crippen LogP contribution in [-0.4, -0.2) is 45.9 Å². The monoisotopic (exact) mass is 427 g/mol. The summed E-state index contributed by atoms with van der Waals surface area (Å²) in [6.45, 7) is 3.31. The zero-order valence-corrected chi connectivity index (χ0v) is 17.3. The zero-order valence-electron chi connectivity index (χ0n) is 17.3. The van der Waals surface area contributed by atoms with Gasteiger partial charge >= 0.3 is 0 Å². The van der Waals surface area contributed by atoms with Crippen molar-refractivity contribution in [3.8, 4) is 0 Å².